The summed E-state index contributed by atoms with van der Waals surface area (Å²) >= 11 is 0. The molecule has 3 aromatic rings. The number of fused-ring (bicyclic) bond motifs is 1. The van der Waals surface area contributed by atoms with Crippen LogP contribution in [0.3, 0.4) is 0 Å². The highest BCUT2D eigenvalue weighted by molar-refractivity contribution is 5.94. The molecule has 9 heteroatoms. The predicted molar refractivity (Wildman–Crippen MR) is 111 cm³/mol. The number of carbonyl (C=O) groups is 1. The van der Waals surface area contributed by atoms with Gasteiger partial charge in [-0.25, -0.2) is 14.6 Å². The Balaban J connectivity index is 1.32. The van der Waals surface area contributed by atoms with Crippen LogP contribution in [0.4, 0.5) is 5.82 Å². The summed E-state index contributed by atoms with van der Waals surface area (Å²) in [5.41, 5.74) is 3.27. The molecule has 0 bridgehead atoms. The van der Waals surface area contributed by atoms with Crippen LogP contribution in [0.1, 0.15) is 28.8 Å². The Morgan fingerprint density at radius 2 is 1.93 bits per heavy atom. The second-order valence-electron chi connectivity index (χ2n) is 7.95. The fraction of sp³-hybridized carbons (Fsp3) is 0.476. The first-order valence-corrected chi connectivity index (χ1v) is 10.5. The zero-order chi connectivity index (χ0) is 20.5. The number of ether oxygens (including phenoxy) is 1. The second-order valence-corrected chi connectivity index (χ2v) is 7.95. The van der Waals surface area contributed by atoms with Crippen molar-refractivity contribution in [1.82, 2.24) is 29.9 Å². The summed E-state index contributed by atoms with van der Waals surface area (Å²) < 4.78 is 7.69. The van der Waals surface area contributed by atoms with Crippen LogP contribution >= 0.6 is 0 Å². The van der Waals surface area contributed by atoms with Gasteiger partial charge in [0.1, 0.15) is 6.33 Å². The number of aryl methyl sites for hydroxylation is 1. The summed E-state index contributed by atoms with van der Waals surface area (Å²) in [5.74, 6) is 0.884. The number of anilines is 1. The first kappa shape index (κ1) is 18.9. The van der Waals surface area contributed by atoms with Crippen LogP contribution in [0.15, 0.2) is 30.6 Å². The van der Waals surface area contributed by atoms with Crippen LogP contribution in [0.25, 0.3) is 11.2 Å². The molecule has 0 saturated carbocycles. The third-order valence-electron chi connectivity index (χ3n) is 5.79. The minimum Gasteiger partial charge on any atom is -0.373 e. The largest absolute Gasteiger partial charge is 0.373 e. The molecular weight excluding hydrogens is 382 g/mol. The molecule has 0 aliphatic carbocycles. The Morgan fingerprint density at radius 1 is 1.13 bits per heavy atom. The minimum absolute atomic E-state index is 0.0328. The lowest BCUT2D eigenvalue weighted by Crippen LogP contribution is -2.47. The monoisotopic (exact) mass is 407 g/mol. The van der Waals surface area contributed by atoms with Crippen molar-refractivity contribution in [3.05, 3.63) is 41.7 Å². The standard InChI is InChI=1S/C21H25N7O2/c1-15-4-6-16(7-5-15)21(29)27-10-11-30-17(12-27)13-28-20-18(24-25-28)19(22-14-23-20)26-8-2-3-9-26/h4-7,14,17H,2-3,8-13H2,1H3. The van der Waals surface area contributed by atoms with Gasteiger partial charge in [0.15, 0.2) is 17.0 Å². The highest BCUT2D eigenvalue weighted by Gasteiger charge is 2.27. The van der Waals surface area contributed by atoms with Crippen LogP contribution in [0.2, 0.25) is 0 Å². The smallest absolute Gasteiger partial charge is 0.254 e. The molecule has 0 N–H and O–H groups in total. The summed E-state index contributed by atoms with van der Waals surface area (Å²) in [6.45, 7) is 6.08. The Hall–Kier alpha value is -3.07. The number of carbonyl (C=O) groups excluding carboxylic acids is 1. The summed E-state index contributed by atoms with van der Waals surface area (Å²) in [6, 6.07) is 7.68. The van der Waals surface area contributed by atoms with Crippen LogP contribution in [-0.4, -0.2) is 74.7 Å². The zero-order valence-electron chi connectivity index (χ0n) is 17.1. The average Bonchev–Trinajstić information content (AvgIpc) is 3.45. The van der Waals surface area contributed by atoms with E-state index in [2.05, 4.69) is 25.2 Å². The molecule has 1 atom stereocenters. The van der Waals surface area contributed by atoms with Gasteiger partial charge >= 0.3 is 0 Å². The molecule has 2 aliphatic heterocycles. The van der Waals surface area contributed by atoms with E-state index in [1.165, 1.54) is 12.8 Å². The van der Waals surface area contributed by atoms with Gasteiger partial charge in [0.05, 0.1) is 19.3 Å². The van der Waals surface area contributed by atoms with Crippen molar-refractivity contribution >= 4 is 22.9 Å². The van der Waals surface area contributed by atoms with Crippen LogP contribution in [0, 0.1) is 6.92 Å². The lowest BCUT2D eigenvalue weighted by molar-refractivity contribution is -0.0297. The first-order chi connectivity index (χ1) is 14.7. The van der Waals surface area contributed by atoms with Crippen molar-refractivity contribution in [2.24, 2.45) is 0 Å². The van der Waals surface area contributed by atoms with Crippen molar-refractivity contribution in [1.29, 1.82) is 0 Å². The van der Waals surface area contributed by atoms with Crippen molar-refractivity contribution in [2.45, 2.75) is 32.4 Å². The fourth-order valence-electron chi connectivity index (χ4n) is 4.15. The van der Waals surface area contributed by atoms with Gasteiger partial charge < -0.3 is 14.5 Å². The number of hydrogen-bond acceptors (Lipinski definition) is 7. The number of benzene rings is 1. The molecule has 1 unspecified atom stereocenters. The van der Waals surface area contributed by atoms with Gasteiger partial charge in [0.2, 0.25) is 0 Å². The maximum atomic E-state index is 12.9. The number of morpholine rings is 1. The molecular formula is C21H25N7O2. The molecule has 1 amide bonds. The highest BCUT2D eigenvalue weighted by atomic mass is 16.5. The molecule has 2 saturated heterocycles. The molecule has 2 aromatic heterocycles. The van der Waals surface area contributed by atoms with Gasteiger partial charge in [-0.15, -0.1) is 5.10 Å². The lowest BCUT2D eigenvalue weighted by atomic mass is 10.1. The van der Waals surface area contributed by atoms with Gasteiger partial charge in [-0.2, -0.15) is 0 Å². The maximum absolute atomic E-state index is 12.9. The molecule has 9 nitrogen and oxygen atoms in total. The van der Waals surface area contributed by atoms with Gasteiger partial charge in [-0.05, 0) is 31.9 Å². The summed E-state index contributed by atoms with van der Waals surface area (Å²) in [5, 5.41) is 8.66. The van der Waals surface area contributed by atoms with E-state index < -0.39 is 0 Å². The molecule has 2 fully saturated rings. The van der Waals surface area contributed by atoms with E-state index >= 15 is 0 Å². The minimum atomic E-state index is -0.164. The van der Waals surface area contributed by atoms with Crippen molar-refractivity contribution in [3.63, 3.8) is 0 Å². The Kier molecular flexibility index (Phi) is 5.04. The van der Waals surface area contributed by atoms with Crippen LogP contribution in [-0.2, 0) is 11.3 Å². The molecule has 0 radical (unpaired) electrons. The van der Waals surface area contributed by atoms with Crippen LogP contribution in [0.5, 0.6) is 0 Å². The molecule has 1 aromatic carbocycles. The Morgan fingerprint density at radius 3 is 2.73 bits per heavy atom. The van der Waals surface area contributed by atoms with Gasteiger partial charge in [-0.1, -0.05) is 22.9 Å². The zero-order valence-corrected chi connectivity index (χ0v) is 17.1. The SMILES string of the molecule is Cc1ccc(C(=O)N2CCOC(Cn3nnc4c(N5CCCC5)ncnc43)C2)cc1. The predicted octanol–water partition coefficient (Wildman–Crippen LogP) is 1.67. The average molecular weight is 407 g/mol. The summed E-state index contributed by atoms with van der Waals surface area (Å²) in [4.78, 5) is 25.8. The molecule has 0 spiro atoms. The van der Waals surface area contributed by atoms with Crippen molar-refractivity contribution in [3.8, 4) is 0 Å². The first-order valence-electron chi connectivity index (χ1n) is 10.5. The van der Waals surface area contributed by atoms with E-state index in [-0.39, 0.29) is 12.0 Å². The number of rotatable bonds is 4. The van der Waals surface area contributed by atoms with E-state index in [1.54, 1.807) is 11.0 Å². The van der Waals surface area contributed by atoms with Crippen LogP contribution < -0.4 is 4.90 Å². The maximum Gasteiger partial charge on any atom is 0.254 e. The van der Waals surface area contributed by atoms with E-state index in [4.69, 9.17) is 4.74 Å². The summed E-state index contributed by atoms with van der Waals surface area (Å²) in [7, 11) is 0. The topological polar surface area (TPSA) is 89.3 Å². The second kappa shape index (κ2) is 7.98. The molecule has 30 heavy (non-hydrogen) atoms. The Bertz CT molecular complexity index is 1040. The number of nitrogens with zero attached hydrogens (tertiary/aromatic N) is 7. The van der Waals surface area contributed by atoms with Crippen molar-refractivity contribution < 1.29 is 9.53 Å². The molecule has 156 valence electrons. The van der Waals surface area contributed by atoms with Gasteiger partial charge in [0.25, 0.3) is 5.91 Å². The molecule has 4 heterocycles. The number of hydrogen-bond donors (Lipinski definition) is 0. The van der Waals surface area contributed by atoms with Gasteiger partial charge in [0, 0.05) is 31.7 Å². The van der Waals surface area contributed by atoms with E-state index in [9.17, 15) is 4.79 Å². The number of aromatic nitrogens is 5. The lowest BCUT2D eigenvalue weighted by Gasteiger charge is -2.33. The Labute approximate surface area is 174 Å². The van der Waals surface area contributed by atoms with E-state index in [1.807, 2.05) is 36.1 Å². The number of amides is 1. The van der Waals surface area contributed by atoms with E-state index in [0.29, 0.717) is 37.5 Å². The third kappa shape index (κ3) is 3.60. The fourth-order valence-corrected chi connectivity index (χ4v) is 4.15. The quantitative estimate of drug-likeness (QED) is 0.650. The highest BCUT2D eigenvalue weighted by Crippen LogP contribution is 2.24. The van der Waals surface area contributed by atoms with E-state index in [0.717, 1.165) is 30.0 Å². The van der Waals surface area contributed by atoms with Gasteiger partial charge in [-0.3, -0.25) is 4.79 Å². The normalized spacial score (nSPS) is 19.6. The summed E-state index contributed by atoms with van der Waals surface area (Å²) in [6.07, 6.45) is 3.74. The third-order valence-corrected chi connectivity index (χ3v) is 5.79. The van der Waals surface area contributed by atoms with Crippen molar-refractivity contribution in [2.75, 3.05) is 37.7 Å². The molecule has 5 rings (SSSR count). The molecule has 2 aliphatic rings.